The number of aliphatic hydroxyl groups is 1. The molecule has 23 heavy (non-hydrogen) atoms. The fourth-order valence-corrected chi connectivity index (χ4v) is 2.09. The van der Waals surface area contributed by atoms with Crippen LogP contribution in [0.3, 0.4) is 0 Å². The number of alkyl halides is 3. The van der Waals surface area contributed by atoms with E-state index in [1.165, 1.54) is 12.3 Å². The van der Waals surface area contributed by atoms with Gasteiger partial charge in [0.25, 0.3) is 0 Å². The van der Waals surface area contributed by atoms with Gasteiger partial charge >= 0.3 is 13.3 Å². The van der Waals surface area contributed by atoms with E-state index < -0.39 is 36.7 Å². The van der Waals surface area contributed by atoms with Crippen LogP contribution in [0.15, 0.2) is 23.9 Å². The van der Waals surface area contributed by atoms with E-state index in [-0.39, 0.29) is 5.56 Å². The Morgan fingerprint density at radius 3 is 2.26 bits per heavy atom. The van der Waals surface area contributed by atoms with Gasteiger partial charge in [-0.05, 0) is 44.8 Å². The molecule has 126 valence electrons. The third-order valence-corrected chi connectivity index (χ3v) is 4.18. The summed E-state index contributed by atoms with van der Waals surface area (Å²) in [5, 5.41) is 9.55. The quantitative estimate of drug-likeness (QED) is 0.866. The molecule has 0 atom stereocenters. The van der Waals surface area contributed by atoms with E-state index in [4.69, 9.17) is 9.31 Å². The number of rotatable bonds is 3. The lowest BCUT2D eigenvalue weighted by molar-refractivity contribution is -0.137. The summed E-state index contributed by atoms with van der Waals surface area (Å²) < 4.78 is 49.8. The van der Waals surface area contributed by atoms with Gasteiger partial charge in [0.2, 0.25) is 0 Å². The molecule has 0 spiro atoms. The van der Waals surface area contributed by atoms with Gasteiger partial charge in [-0.25, -0.2) is 0 Å². The number of nitrogens with zero attached hydrogens (tertiary/aromatic N) is 1. The average molecular weight is 329 g/mol. The number of aliphatic hydroxyl groups excluding tert-OH is 1. The SMILES string of the molecule is CC1(C)OB(C(=Cc2cncc(C(F)(F)F)c2)CO)OC1(C)C. The highest BCUT2D eigenvalue weighted by atomic mass is 19.4. The van der Waals surface area contributed by atoms with Crippen LogP contribution in [0.1, 0.15) is 38.8 Å². The minimum absolute atomic E-state index is 0.221. The van der Waals surface area contributed by atoms with Crippen molar-refractivity contribution in [3.8, 4) is 0 Å². The number of hydrogen-bond donors (Lipinski definition) is 1. The second-order valence-electron chi connectivity index (χ2n) is 6.47. The number of halogens is 3. The fourth-order valence-electron chi connectivity index (χ4n) is 2.09. The van der Waals surface area contributed by atoms with E-state index >= 15 is 0 Å². The van der Waals surface area contributed by atoms with Crippen molar-refractivity contribution in [3.63, 3.8) is 0 Å². The van der Waals surface area contributed by atoms with Crippen LogP contribution in [-0.4, -0.2) is 35.0 Å². The monoisotopic (exact) mass is 329 g/mol. The van der Waals surface area contributed by atoms with Gasteiger partial charge in [-0.1, -0.05) is 6.08 Å². The molecule has 0 aromatic carbocycles. The van der Waals surface area contributed by atoms with Crippen molar-refractivity contribution in [2.75, 3.05) is 6.61 Å². The third kappa shape index (κ3) is 3.76. The Balaban J connectivity index is 2.31. The first kappa shape index (κ1) is 18.0. The standard InChI is InChI=1S/C15H19BF3NO3/c1-13(2)14(3,4)23-16(22-13)12(9-21)6-10-5-11(8-20-7-10)15(17,18)19/h5-8,21H,9H2,1-4H3. The molecule has 2 rings (SSSR count). The van der Waals surface area contributed by atoms with Gasteiger partial charge in [-0.15, -0.1) is 0 Å². The van der Waals surface area contributed by atoms with Crippen LogP contribution < -0.4 is 0 Å². The molecule has 1 saturated heterocycles. The van der Waals surface area contributed by atoms with Gasteiger partial charge < -0.3 is 14.4 Å². The van der Waals surface area contributed by atoms with Gasteiger partial charge in [0.15, 0.2) is 0 Å². The predicted molar refractivity (Wildman–Crippen MR) is 80.4 cm³/mol. The van der Waals surface area contributed by atoms with Gasteiger partial charge in [-0.3, -0.25) is 4.98 Å². The second kappa shape index (κ2) is 5.92. The van der Waals surface area contributed by atoms with E-state index in [1.807, 2.05) is 27.7 Å². The second-order valence-corrected chi connectivity index (χ2v) is 6.47. The molecule has 0 amide bonds. The summed E-state index contributed by atoms with van der Waals surface area (Å²) in [6.07, 6.45) is -1.02. The van der Waals surface area contributed by atoms with Crippen LogP contribution in [0.2, 0.25) is 0 Å². The zero-order valence-electron chi connectivity index (χ0n) is 13.4. The minimum Gasteiger partial charge on any atom is -0.400 e. The first-order chi connectivity index (χ1) is 10.5. The highest BCUT2D eigenvalue weighted by Crippen LogP contribution is 2.38. The Morgan fingerprint density at radius 1 is 1.22 bits per heavy atom. The van der Waals surface area contributed by atoms with Crippen LogP contribution in [0.25, 0.3) is 6.08 Å². The van der Waals surface area contributed by atoms with E-state index in [0.717, 1.165) is 12.3 Å². The van der Waals surface area contributed by atoms with Gasteiger partial charge in [0.1, 0.15) is 0 Å². The van der Waals surface area contributed by atoms with Crippen LogP contribution in [0.5, 0.6) is 0 Å². The maximum atomic E-state index is 12.7. The van der Waals surface area contributed by atoms with E-state index in [2.05, 4.69) is 4.98 Å². The minimum atomic E-state index is -4.47. The van der Waals surface area contributed by atoms with E-state index in [1.54, 1.807) is 0 Å². The number of hydrogen-bond acceptors (Lipinski definition) is 4. The summed E-state index contributed by atoms with van der Waals surface area (Å²) in [4.78, 5) is 3.59. The van der Waals surface area contributed by atoms with Crippen LogP contribution in [0.4, 0.5) is 13.2 Å². The molecule has 0 bridgehead atoms. The van der Waals surface area contributed by atoms with Crippen LogP contribution >= 0.6 is 0 Å². The Labute approximate surface area is 133 Å². The lowest BCUT2D eigenvalue weighted by Crippen LogP contribution is -2.41. The summed E-state index contributed by atoms with van der Waals surface area (Å²) in [5.74, 6) is 0. The molecular formula is C15H19BF3NO3. The zero-order valence-corrected chi connectivity index (χ0v) is 13.4. The molecule has 0 aliphatic carbocycles. The lowest BCUT2D eigenvalue weighted by atomic mass is 9.77. The maximum Gasteiger partial charge on any atom is 0.492 e. The largest absolute Gasteiger partial charge is 0.492 e. The number of aromatic nitrogens is 1. The van der Waals surface area contributed by atoms with Crippen molar-refractivity contribution < 1.29 is 27.6 Å². The molecule has 1 aromatic rings. The summed E-state index contributed by atoms with van der Waals surface area (Å²) in [6, 6.07) is 0.966. The molecular weight excluding hydrogens is 310 g/mol. The molecule has 1 aliphatic rings. The molecule has 1 N–H and O–H groups in total. The summed E-state index contributed by atoms with van der Waals surface area (Å²) in [6.45, 7) is 7.02. The fraction of sp³-hybridized carbons (Fsp3) is 0.533. The van der Waals surface area contributed by atoms with Crippen molar-refractivity contribution in [2.45, 2.75) is 45.1 Å². The summed E-state index contributed by atoms with van der Waals surface area (Å²) in [5.41, 5.74) is -1.49. The van der Waals surface area contributed by atoms with Crippen LogP contribution in [-0.2, 0) is 15.5 Å². The van der Waals surface area contributed by atoms with Crippen molar-refractivity contribution in [1.82, 2.24) is 4.98 Å². The molecule has 0 saturated carbocycles. The first-order valence-electron chi connectivity index (χ1n) is 7.15. The molecule has 2 heterocycles. The highest BCUT2D eigenvalue weighted by Gasteiger charge is 2.52. The molecule has 1 aromatic heterocycles. The van der Waals surface area contributed by atoms with Crippen molar-refractivity contribution >= 4 is 13.2 Å². The van der Waals surface area contributed by atoms with Crippen molar-refractivity contribution in [3.05, 3.63) is 35.1 Å². The highest BCUT2D eigenvalue weighted by molar-refractivity contribution is 6.55. The molecule has 4 nitrogen and oxygen atoms in total. The predicted octanol–water partition coefficient (Wildman–Crippen LogP) is 3.11. The van der Waals surface area contributed by atoms with Crippen molar-refractivity contribution in [2.24, 2.45) is 0 Å². The lowest BCUT2D eigenvalue weighted by Gasteiger charge is -2.32. The van der Waals surface area contributed by atoms with E-state index in [9.17, 15) is 18.3 Å². The zero-order chi connectivity index (χ0) is 17.5. The van der Waals surface area contributed by atoms with Crippen molar-refractivity contribution in [1.29, 1.82) is 0 Å². The molecule has 0 radical (unpaired) electrons. The molecule has 0 unspecified atom stereocenters. The molecule has 1 aliphatic heterocycles. The topological polar surface area (TPSA) is 51.6 Å². The Hall–Kier alpha value is -1.38. The van der Waals surface area contributed by atoms with Gasteiger partial charge in [-0.2, -0.15) is 13.2 Å². The van der Waals surface area contributed by atoms with E-state index in [0.29, 0.717) is 5.47 Å². The number of pyridine rings is 1. The van der Waals surface area contributed by atoms with Gasteiger partial charge in [0, 0.05) is 12.4 Å². The average Bonchev–Trinajstić information content (AvgIpc) is 2.64. The van der Waals surface area contributed by atoms with Gasteiger partial charge in [0.05, 0.1) is 23.4 Å². The summed E-state index contributed by atoms with van der Waals surface area (Å²) >= 11 is 0. The molecule has 1 fully saturated rings. The normalized spacial score (nSPS) is 20.9. The maximum absolute atomic E-state index is 12.7. The first-order valence-corrected chi connectivity index (χ1v) is 7.15. The Bertz CT molecular complexity index is 598. The summed E-state index contributed by atoms with van der Waals surface area (Å²) in [7, 11) is -0.820. The Kier molecular flexibility index (Phi) is 4.63. The third-order valence-electron chi connectivity index (χ3n) is 4.18. The Morgan fingerprint density at radius 2 is 1.78 bits per heavy atom. The smallest absolute Gasteiger partial charge is 0.400 e. The molecule has 8 heteroatoms. The van der Waals surface area contributed by atoms with Crippen LogP contribution in [0, 0.1) is 0 Å².